The van der Waals surface area contributed by atoms with E-state index >= 15 is 0 Å². The number of nitro groups is 2. The summed E-state index contributed by atoms with van der Waals surface area (Å²) >= 11 is 0.556. The van der Waals surface area contributed by atoms with Crippen LogP contribution in [0.2, 0.25) is 0 Å². The third-order valence-corrected chi connectivity index (χ3v) is 4.48. The van der Waals surface area contributed by atoms with Crippen molar-refractivity contribution in [3.63, 3.8) is 0 Å². The van der Waals surface area contributed by atoms with Crippen molar-refractivity contribution in [2.75, 3.05) is 4.90 Å². The standard InChI is InChI=1S/C16H9N3O7S/c20-14-9(6-11(18(23)24)8-12(14)19(25)26)7-13-15(21)17(16(22)27-13)10-4-2-1-3-5-10/h1-8,20H/b13-7-. The summed E-state index contributed by atoms with van der Waals surface area (Å²) in [5.41, 5.74) is -1.49. The predicted octanol–water partition coefficient (Wildman–Crippen LogP) is 3.45. The van der Waals surface area contributed by atoms with Crippen molar-refractivity contribution in [2.24, 2.45) is 0 Å². The number of carbonyl (C=O) groups excluding carboxylic acids is 2. The average molecular weight is 387 g/mol. The van der Waals surface area contributed by atoms with Crippen molar-refractivity contribution in [1.82, 2.24) is 0 Å². The molecule has 0 spiro atoms. The van der Waals surface area contributed by atoms with E-state index in [1.807, 2.05) is 0 Å². The lowest BCUT2D eigenvalue weighted by molar-refractivity contribution is -0.394. The summed E-state index contributed by atoms with van der Waals surface area (Å²) in [6.45, 7) is 0. The molecule has 11 heteroatoms. The lowest BCUT2D eigenvalue weighted by Crippen LogP contribution is -2.27. The number of nitro benzene ring substituents is 2. The summed E-state index contributed by atoms with van der Waals surface area (Å²) in [4.78, 5) is 45.6. The normalized spacial score (nSPS) is 15.4. The molecule has 10 nitrogen and oxygen atoms in total. The maximum absolute atomic E-state index is 12.5. The number of phenols is 1. The van der Waals surface area contributed by atoms with Crippen molar-refractivity contribution < 1.29 is 24.5 Å². The van der Waals surface area contributed by atoms with E-state index in [2.05, 4.69) is 0 Å². The summed E-state index contributed by atoms with van der Waals surface area (Å²) < 4.78 is 0. The molecule has 2 aromatic carbocycles. The topological polar surface area (TPSA) is 144 Å². The van der Waals surface area contributed by atoms with Crippen molar-refractivity contribution >= 4 is 46.0 Å². The van der Waals surface area contributed by atoms with Gasteiger partial charge in [-0.3, -0.25) is 29.8 Å². The number of carbonyl (C=O) groups is 2. The van der Waals surface area contributed by atoms with Gasteiger partial charge in [0.1, 0.15) is 0 Å². The van der Waals surface area contributed by atoms with Crippen LogP contribution < -0.4 is 4.90 Å². The van der Waals surface area contributed by atoms with Crippen LogP contribution >= 0.6 is 11.8 Å². The summed E-state index contributed by atoms with van der Waals surface area (Å²) in [6, 6.07) is 9.58. The lowest BCUT2D eigenvalue weighted by Gasteiger charge is -2.11. The quantitative estimate of drug-likeness (QED) is 0.477. The van der Waals surface area contributed by atoms with Crippen LogP contribution in [0.15, 0.2) is 47.4 Å². The molecule has 0 radical (unpaired) electrons. The summed E-state index contributed by atoms with van der Waals surface area (Å²) in [5.74, 6) is -1.54. The van der Waals surface area contributed by atoms with Crippen LogP contribution in [0.25, 0.3) is 6.08 Å². The highest BCUT2D eigenvalue weighted by Crippen LogP contribution is 2.40. The van der Waals surface area contributed by atoms with Crippen LogP contribution in [0.5, 0.6) is 5.75 Å². The van der Waals surface area contributed by atoms with Crippen molar-refractivity contribution in [3.05, 3.63) is 73.2 Å². The smallest absolute Gasteiger partial charge is 0.318 e. The number of non-ortho nitro benzene ring substituents is 1. The van der Waals surface area contributed by atoms with Crippen molar-refractivity contribution in [3.8, 4) is 5.75 Å². The Morgan fingerprint density at radius 2 is 1.70 bits per heavy atom. The molecule has 27 heavy (non-hydrogen) atoms. The first-order valence-corrected chi connectivity index (χ1v) is 8.10. The summed E-state index contributed by atoms with van der Waals surface area (Å²) in [6.07, 6.45) is 1.02. The first kappa shape index (κ1) is 18.1. The second kappa shape index (κ2) is 6.88. The first-order chi connectivity index (χ1) is 12.8. The number of rotatable bonds is 4. The molecule has 0 bridgehead atoms. The number of benzene rings is 2. The zero-order chi connectivity index (χ0) is 19.7. The molecular formula is C16H9N3O7S. The highest BCUT2D eigenvalue weighted by atomic mass is 32.2. The Bertz CT molecular complexity index is 1020. The second-order valence-electron chi connectivity index (χ2n) is 5.27. The maximum Gasteiger partial charge on any atom is 0.318 e. The summed E-state index contributed by atoms with van der Waals surface area (Å²) in [7, 11) is 0. The number of thioether (sulfide) groups is 1. The van der Waals surface area contributed by atoms with E-state index in [1.165, 1.54) is 0 Å². The second-order valence-corrected chi connectivity index (χ2v) is 6.26. The number of hydrogen-bond acceptors (Lipinski definition) is 8. The molecule has 136 valence electrons. The Balaban J connectivity index is 2.07. The van der Waals surface area contributed by atoms with Gasteiger partial charge in [0.25, 0.3) is 16.8 Å². The maximum atomic E-state index is 12.5. The van der Waals surface area contributed by atoms with Crippen LogP contribution in [0, 0.1) is 20.2 Å². The number of amides is 2. The Morgan fingerprint density at radius 3 is 2.30 bits per heavy atom. The Kier molecular flexibility index (Phi) is 4.60. The van der Waals surface area contributed by atoms with Crippen LogP contribution in [0.1, 0.15) is 5.56 Å². The van der Waals surface area contributed by atoms with E-state index < -0.39 is 38.1 Å². The third-order valence-electron chi connectivity index (χ3n) is 3.61. The number of hydrogen-bond donors (Lipinski definition) is 1. The number of para-hydroxylation sites is 1. The van der Waals surface area contributed by atoms with Crippen LogP contribution in [-0.2, 0) is 4.79 Å². The molecule has 2 aromatic rings. The number of phenolic OH excluding ortho intramolecular Hbond substituents is 1. The van der Waals surface area contributed by atoms with E-state index in [4.69, 9.17) is 0 Å². The largest absolute Gasteiger partial charge is 0.502 e. The van der Waals surface area contributed by atoms with Gasteiger partial charge in [-0.25, -0.2) is 4.90 Å². The molecule has 1 aliphatic rings. The van der Waals surface area contributed by atoms with Gasteiger partial charge in [-0.15, -0.1) is 0 Å². The molecule has 1 fully saturated rings. The Morgan fingerprint density at radius 1 is 1.04 bits per heavy atom. The lowest BCUT2D eigenvalue weighted by atomic mass is 10.1. The van der Waals surface area contributed by atoms with Gasteiger partial charge in [-0.1, -0.05) is 18.2 Å². The average Bonchev–Trinajstić information content (AvgIpc) is 2.90. The fraction of sp³-hybridized carbons (Fsp3) is 0. The van der Waals surface area contributed by atoms with E-state index in [0.29, 0.717) is 23.5 Å². The molecule has 0 atom stereocenters. The number of aromatic hydroxyl groups is 1. The van der Waals surface area contributed by atoms with Crippen molar-refractivity contribution in [2.45, 2.75) is 0 Å². The van der Waals surface area contributed by atoms with Crippen LogP contribution in [0.4, 0.5) is 21.9 Å². The molecule has 1 saturated heterocycles. The Hall–Kier alpha value is -3.73. The highest BCUT2D eigenvalue weighted by Gasteiger charge is 2.36. The highest BCUT2D eigenvalue weighted by molar-refractivity contribution is 8.19. The fourth-order valence-corrected chi connectivity index (χ4v) is 3.22. The molecule has 2 amide bonds. The molecule has 0 aliphatic carbocycles. The first-order valence-electron chi connectivity index (χ1n) is 7.28. The zero-order valence-electron chi connectivity index (χ0n) is 13.3. The van der Waals surface area contributed by atoms with E-state index in [9.17, 15) is 34.9 Å². The van der Waals surface area contributed by atoms with Gasteiger partial charge < -0.3 is 5.11 Å². The summed E-state index contributed by atoms with van der Waals surface area (Å²) in [5, 5.41) is 31.4. The zero-order valence-corrected chi connectivity index (χ0v) is 14.1. The molecule has 0 aromatic heterocycles. The van der Waals surface area contributed by atoms with Gasteiger partial charge in [-0.2, -0.15) is 0 Å². The minimum atomic E-state index is -0.977. The van der Waals surface area contributed by atoms with Gasteiger partial charge >= 0.3 is 5.69 Å². The minimum Gasteiger partial charge on any atom is -0.502 e. The molecular weight excluding hydrogens is 378 g/mol. The molecule has 3 rings (SSSR count). The molecule has 0 saturated carbocycles. The number of nitrogens with zero attached hydrogens (tertiary/aromatic N) is 3. The Labute approximate surface area is 155 Å². The molecule has 0 unspecified atom stereocenters. The van der Waals surface area contributed by atoms with Gasteiger partial charge in [0.15, 0.2) is 0 Å². The van der Waals surface area contributed by atoms with Gasteiger partial charge in [0.2, 0.25) is 5.75 Å². The van der Waals surface area contributed by atoms with E-state index in [-0.39, 0.29) is 10.5 Å². The van der Waals surface area contributed by atoms with Gasteiger partial charge in [0.05, 0.1) is 26.5 Å². The van der Waals surface area contributed by atoms with E-state index in [1.54, 1.807) is 30.3 Å². The minimum absolute atomic E-state index is 0.131. The molecule has 1 heterocycles. The fourth-order valence-electron chi connectivity index (χ4n) is 2.39. The monoisotopic (exact) mass is 387 g/mol. The molecule has 1 aliphatic heterocycles. The van der Waals surface area contributed by atoms with Crippen LogP contribution in [-0.4, -0.2) is 26.1 Å². The van der Waals surface area contributed by atoms with Gasteiger partial charge in [-0.05, 0) is 30.0 Å². The SMILES string of the molecule is O=C1S/C(=C\c2cc([N+](=O)[O-])cc([N+](=O)[O-])c2O)C(=O)N1c1ccccc1. The third kappa shape index (κ3) is 3.35. The van der Waals surface area contributed by atoms with Crippen molar-refractivity contribution in [1.29, 1.82) is 0 Å². The van der Waals surface area contributed by atoms with Gasteiger partial charge in [0, 0.05) is 11.6 Å². The number of imide groups is 1. The predicted molar refractivity (Wildman–Crippen MR) is 96.3 cm³/mol. The van der Waals surface area contributed by atoms with E-state index in [0.717, 1.165) is 17.0 Å². The van der Waals surface area contributed by atoms with Crippen LogP contribution in [0.3, 0.4) is 0 Å². The molecule has 1 N–H and O–H groups in total. The number of anilines is 1.